The maximum Gasteiger partial charge on any atom is 0.416 e. The van der Waals surface area contributed by atoms with Crippen LogP contribution in [0.25, 0.3) is 0 Å². The molecule has 1 aliphatic rings. The zero-order valence-electron chi connectivity index (χ0n) is 15.8. The number of nitrogens with one attached hydrogen (secondary N) is 1. The molecule has 1 fully saturated rings. The van der Waals surface area contributed by atoms with Crippen LogP contribution in [0.3, 0.4) is 0 Å². The Labute approximate surface area is 166 Å². The molecule has 8 heteroatoms. The summed E-state index contributed by atoms with van der Waals surface area (Å²) in [5.74, 6) is -0.455. The molecule has 0 spiro atoms. The van der Waals surface area contributed by atoms with Crippen molar-refractivity contribution < 1.29 is 27.5 Å². The van der Waals surface area contributed by atoms with Crippen molar-refractivity contribution in [2.45, 2.75) is 38.1 Å². The zero-order valence-corrected chi connectivity index (χ0v) is 15.8. The van der Waals surface area contributed by atoms with Crippen molar-refractivity contribution in [2.24, 2.45) is 0 Å². The van der Waals surface area contributed by atoms with Crippen molar-refractivity contribution >= 4 is 12.0 Å². The van der Waals surface area contributed by atoms with E-state index in [2.05, 4.69) is 10.1 Å². The van der Waals surface area contributed by atoms with E-state index in [1.54, 1.807) is 24.3 Å². The van der Waals surface area contributed by atoms with E-state index in [4.69, 9.17) is 0 Å². The Kier molecular flexibility index (Phi) is 6.10. The van der Waals surface area contributed by atoms with Crippen molar-refractivity contribution in [3.05, 3.63) is 70.8 Å². The summed E-state index contributed by atoms with van der Waals surface area (Å²) in [4.78, 5) is 25.6. The van der Waals surface area contributed by atoms with E-state index in [1.165, 1.54) is 30.2 Å². The minimum absolute atomic E-state index is 0.0574. The summed E-state index contributed by atoms with van der Waals surface area (Å²) in [5, 5.41) is 2.75. The molecular weight excluding hydrogens is 385 g/mol. The summed E-state index contributed by atoms with van der Waals surface area (Å²) in [7, 11) is 1.29. The molecule has 154 valence electrons. The molecule has 29 heavy (non-hydrogen) atoms. The molecule has 0 unspecified atom stereocenters. The smallest absolute Gasteiger partial charge is 0.416 e. The predicted molar refractivity (Wildman–Crippen MR) is 100 cm³/mol. The SMILES string of the molecule is COC(=O)c1ccc(CNC(=O)N(Cc2ccccc2C(F)(F)F)C2CC2)cc1. The van der Waals surface area contributed by atoms with Gasteiger partial charge in [-0.05, 0) is 42.2 Å². The molecule has 0 aliphatic heterocycles. The minimum Gasteiger partial charge on any atom is -0.465 e. The van der Waals surface area contributed by atoms with Crippen molar-refractivity contribution in [1.82, 2.24) is 10.2 Å². The van der Waals surface area contributed by atoms with Crippen LogP contribution in [-0.4, -0.2) is 30.1 Å². The van der Waals surface area contributed by atoms with Gasteiger partial charge in [0, 0.05) is 19.1 Å². The number of carbonyl (C=O) groups is 2. The first-order valence-corrected chi connectivity index (χ1v) is 9.16. The highest BCUT2D eigenvalue weighted by atomic mass is 19.4. The van der Waals surface area contributed by atoms with E-state index in [9.17, 15) is 22.8 Å². The summed E-state index contributed by atoms with van der Waals surface area (Å²) < 4.78 is 44.4. The van der Waals surface area contributed by atoms with Gasteiger partial charge < -0.3 is 15.0 Å². The van der Waals surface area contributed by atoms with E-state index in [-0.39, 0.29) is 24.7 Å². The first-order valence-electron chi connectivity index (χ1n) is 9.16. The Hall–Kier alpha value is -3.03. The summed E-state index contributed by atoms with van der Waals surface area (Å²) in [6, 6.07) is 11.4. The molecule has 0 aromatic heterocycles. The molecule has 0 heterocycles. The van der Waals surface area contributed by atoms with Gasteiger partial charge in [0.1, 0.15) is 0 Å². The van der Waals surface area contributed by atoms with Crippen LogP contribution in [0.2, 0.25) is 0 Å². The number of hydrogen-bond donors (Lipinski definition) is 1. The molecule has 2 amide bonds. The largest absolute Gasteiger partial charge is 0.465 e. The third kappa shape index (κ3) is 5.28. The van der Waals surface area contributed by atoms with Gasteiger partial charge in [0.15, 0.2) is 0 Å². The average Bonchev–Trinajstić information content (AvgIpc) is 3.54. The second-order valence-electron chi connectivity index (χ2n) is 6.86. The monoisotopic (exact) mass is 406 g/mol. The molecule has 0 saturated heterocycles. The van der Waals surface area contributed by atoms with Crippen molar-refractivity contribution in [3.63, 3.8) is 0 Å². The molecule has 2 aromatic carbocycles. The van der Waals surface area contributed by atoms with Gasteiger partial charge in [-0.3, -0.25) is 0 Å². The van der Waals surface area contributed by atoms with Crippen LogP contribution in [0.15, 0.2) is 48.5 Å². The number of esters is 1. The van der Waals surface area contributed by atoms with Gasteiger partial charge in [-0.25, -0.2) is 9.59 Å². The van der Waals surface area contributed by atoms with Gasteiger partial charge in [0.25, 0.3) is 0 Å². The lowest BCUT2D eigenvalue weighted by atomic mass is 10.1. The van der Waals surface area contributed by atoms with Crippen LogP contribution in [0, 0.1) is 0 Å². The fraction of sp³-hybridized carbons (Fsp3) is 0.333. The van der Waals surface area contributed by atoms with Crippen molar-refractivity contribution in [2.75, 3.05) is 7.11 Å². The number of alkyl halides is 3. The predicted octanol–water partition coefficient (Wildman–Crippen LogP) is 4.37. The number of urea groups is 1. The van der Waals surface area contributed by atoms with Gasteiger partial charge in [-0.15, -0.1) is 0 Å². The lowest BCUT2D eigenvalue weighted by molar-refractivity contribution is -0.138. The van der Waals surface area contributed by atoms with Crippen molar-refractivity contribution in [1.29, 1.82) is 0 Å². The summed E-state index contributed by atoms with van der Waals surface area (Å²) in [6.07, 6.45) is -2.92. The highest BCUT2D eigenvalue weighted by molar-refractivity contribution is 5.89. The second kappa shape index (κ2) is 8.55. The molecule has 0 bridgehead atoms. The molecule has 3 rings (SSSR count). The van der Waals surface area contributed by atoms with Gasteiger partial charge in [0.05, 0.1) is 18.2 Å². The first-order chi connectivity index (χ1) is 13.8. The number of hydrogen-bond acceptors (Lipinski definition) is 3. The molecule has 0 radical (unpaired) electrons. The van der Waals surface area contributed by atoms with Crippen LogP contribution in [0.5, 0.6) is 0 Å². The summed E-state index contributed by atoms with van der Waals surface area (Å²) in [6.45, 7) is 0.0951. The normalized spacial score (nSPS) is 13.7. The minimum atomic E-state index is -4.47. The van der Waals surface area contributed by atoms with E-state index in [0.29, 0.717) is 5.56 Å². The maximum atomic E-state index is 13.2. The third-order valence-corrected chi connectivity index (χ3v) is 4.73. The number of nitrogens with zero attached hydrogens (tertiary/aromatic N) is 1. The summed E-state index contributed by atoms with van der Waals surface area (Å²) >= 11 is 0. The van der Waals surface area contributed by atoms with Gasteiger partial charge >= 0.3 is 18.2 Å². The Morgan fingerprint density at radius 1 is 1.10 bits per heavy atom. The van der Waals surface area contributed by atoms with Crippen LogP contribution < -0.4 is 5.32 Å². The highest BCUT2D eigenvalue weighted by Crippen LogP contribution is 2.34. The van der Waals surface area contributed by atoms with E-state index >= 15 is 0 Å². The molecule has 0 atom stereocenters. The topological polar surface area (TPSA) is 58.6 Å². The van der Waals surface area contributed by atoms with E-state index in [0.717, 1.165) is 24.5 Å². The quantitative estimate of drug-likeness (QED) is 0.725. The third-order valence-electron chi connectivity index (χ3n) is 4.73. The van der Waals surface area contributed by atoms with Crippen LogP contribution in [0.4, 0.5) is 18.0 Å². The van der Waals surface area contributed by atoms with Crippen LogP contribution >= 0.6 is 0 Å². The Morgan fingerprint density at radius 3 is 2.34 bits per heavy atom. The van der Waals surface area contributed by atoms with Gasteiger partial charge in [-0.2, -0.15) is 13.2 Å². The maximum absolute atomic E-state index is 13.2. The number of carbonyl (C=O) groups excluding carboxylic acids is 2. The first kappa shape index (κ1) is 20.7. The molecule has 1 N–H and O–H groups in total. The highest BCUT2D eigenvalue weighted by Gasteiger charge is 2.37. The molecular formula is C21H21F3N2O3. The fourth-order valence-electron chi connectivity index (χ4n) is 3.03. The van der Waals surface area contributed by atoms with Crippen LogP contribution in [-0.2, 0) is 24.0 Å². The molecule has 5 nitrogen and oxygen atoms in total. The zero-order chi connectivity index (χ0) is 21.0. The molecule has 2 aromatic rings. The van der Waals surface area contributed by atoms with Crippen LogP contribution in [0.1, 0.15) is 39.9 Å². The summed E-state index contributed by atoms with van der Waals surface area (Å²) in [5.41, 5.74) is 0.504. The second-order valence-corrected chi connectivity index (χ2v) is 6.86. The number of amides is 2. The van der Waals surface area contributed by atoms with E-state index < -0.39 is 23.7 Å². The number of ether oxygens (including phenoxy) is 1. The fourth-order valence-corrected chi connectivity index (χ4v) is 3.03. The number of benzene rings is 2. The van der Waals surface area contributed by atoms with Gasteiger partial charge in [0.2, 0.25) is 0 Å². The number of halogens is 3. The lowest BCUT2D eigenvalue weighted by Crippen LogP contribution is -2.41. The number of rotatable bonds is 6. The number of methoxy groups -OCH3 is 1. The lowest BCUT2D eigenvalue weighted by Gasteiger charge is -2.24. The Balaban J connectivity index is 1.66. The van der Waals surface area contributed by atoms with Crippen molar-refractivity contribution in [3.8, 4) is 0 Å². The standard InChI is InChI=1S/C21H21F3N2O3/c1-29-19(27)15-8-6-14(7-9-15)12-25-20(28)26(17-10-11-17)13-16-4-2-3-5-18(16)21(22,23)24/h2-9,17H,10-13H2,1H3,(H,25,28). The van der Waals surface area contributed by atoms with E-state index in [1.807, 2.05) is 0 Å². The molecule has 1 saturated carbocycles. The van der Waals surface area contributed by atoms with Gasteiger partial charge in [-0.1, -0.05) is 30.3 Å². The Morgan fingerprint density at radius 2 is 1.76 bits per heavy atom. The Bertz CT molecular complexity index is 877. The molecule has 1 aliphatic carbocycles. The average molecular weight is 406 g/mol.